The second kappa shape index (κ2) is 3.59. The molecule has 2 aromatic rings. The number of aryl methyl sites for hydroxylation is 1. The van der Waals surface area contributed by atoms with Crippen molar-refractivity contribution >= 4 is 17.4 Å². The summed E-state index contributed by atoms with van der Waals surface area (Å²) in [6, 6.07) is 7.56. The van der Waals surface area contributed by atoms with E-state index in [0.717, 1.165) is 17.1 Å². The van der Waals surface area contributed by atoms with Gasteiger partial charge in [0.2, 0.25) is 0 Å². The lowest BCUT2D eigenvalue weighted by molar-refractivity contribution is 0.868. The van der Waals surface area contributed by atoms with Crippen LogP contribution in [0.4, 0.5) is 5.82 Å². The lowest BCUT2D eigenvalue weighted by Crippen LogP contribution is -1.98. The van der Waals surface area contributed by atoms with Crippen molar-refractivity contribution < 1.29 is 0 Å². The predicted molar refractivity (Wildman–Crippen MR) is 62.8 cm³/mol. The van der Waals surface area contributed by atoms with Gasteiger partial charge in [-0.25, -0.2) is 4.98 Å². The van der Waals surface area contributed by atoms with E-state index in [-0.39, 0.29) is 0 Å². The predicted octanol–water partition coefficient (Wildman–Crippen LogP) is 2.63. The minimum atomic E-state index is 0.639. The fraction of sp³-hybridized carbons (Fsp3) is 0.182. The van der Waals surface area contributed by atoms with Crippen molar-refractivity contribution in [2.45, 2.75) is 6.92 Å². The van der Waals surface area contributed by atoms with Gasteiger partial charge in [-0.05, 0) is 13.0 Å². The molecule has 4 heteroatoms. The SMILES string of the molecule is Cc1nc(-c2ccccc2Cl)c(N)n1C. The second-order valence-corrected chi connectivity index (χ2v) is 3.84. The zero-order chi connectivity index (χ0) is 11.0. The monoisotopic (exact) mass is 221 g/mol. The molecule has 15 heavy (non-hydrogen) atoms. The fourth-order valence-corrected chi connectivity index (χ4v) is 1.70. The molecule has 1 heterocycles. The quantitative estimate of drug-likeness (QED) is 0.805. The number of anilines is 1. The molecule has 1 aromatic carbocycles. The van der Waals surface area contributed by atoms with Gasteiger partial charge in [0.15, 0.2) is 0 Å². The van der Waals surface area contributed by atoms with Crippen molar-refractivity contribution in [1.29, 1.82) is 0 Å². The highest BCUT2D eigenvalue weighted by Crippen LogP contribution is 2.30. The molecule has 0 amide bonds. The zero-order valence-corrected chi connectivity index (χ0v) is 9.42. The van der Waals surface area contributed by atoms with Gasteiger partial charge < -0.3 is 10.3 Å². The van der Waals surface area contributed by atoms with E-state index in [1.807, 2.05) is 42.8 Å². The molecule has 0 saturated heterocycles. The first-order valence-electron chi connectivity index (χ1n) is 4.65. The van der Waals surface area contributed by atoms with Gasteiger partial charge in [-0.15, -0.1) is 0 Å². The Morgan fingerprint density at radius 1 is 1.33 bits per heavy atom. The highest BCUT2D eigenvalue weighted by atomic mass is 35.5. The Balaban J connectivity index is 2.65. The standard InChI is InChI=1S/C11H12ClN3/c1-7-14-10(11(13)15(7)2)8-5-3-4-6-9(8)12/h3-6H,13H2,1-2H3. The molecule has 1 aromatic heterocycles. The third kappa shape index (κ3) is 1.59. The van der Waals surface area contributed by atoms with Crippen LogP contribution in [0, 0.1) is 6.92 Å². The zero-order valence-electron chi connectivity index (χ0n) is 8.66. The summed E-state index contributed by atoms with van der Waals surface area (Å²) < 4.78 is 1.85. The Bertz CT molecular complexity index is 503. The first-order chi connectivity index (χ1) is 7.11. The summed E-state index contributed by atoms with van der Waals surface area (Å²) in [5, 5.41) is 0.669. The highest BCUT2D eigenvalue weighted by molar-refractivity contribution is 6.33. The molecule has 0 aliphatic heterocycles. The Morgan fingerprint density at radius 3 is 2.53 bits per heavy atom. The number of benzene rings is 1. The minimum Gasteiger partial charge on any atom is -0.383 e. The number of nitrogen functional groups attached to an aromatic ring is 1. The summed E-state index contributed by atoms with van der Waals surface area (Å²) in [5.74, 6) is 1.52. The molecule has 0 spiro atoms. The van der Waals surface area contributed by atoms with Crippen molar-refractivity contribution in [2.75, 3.05) is 5.73 Å². The van der Waals surface area contributed by atoms with Gasteiger partial charge >= 0.3 is 0 Å². The molecular weight excluding hydrogens is 210 g/mol. The number of nitrogens with zero attached hydrogens (tertiary/aromatic N) is 2. The molecule has 0 fully saturated rings. The van der Waals surface area contributed by atoms with Crippen molar-refractivity contribution in [2.24, 2.45) is 7.05 Å². The third-order valence-corrected chi connectivity index (χ3v) is 2.82. The van der Waals surface area contributed by atoms with Crippen LogP contribution < -0.4 is 5.73 Å². The largest absolute Gasteiger partial charge is 0.383 e. The van der Waals surface area contributed by atoms with Crippen molar-refractivity contribution in [3.8, 4) is 11.3 Å². The van der Waals surface area contributed by atoms with Crippen LogP contribution in [-0.4, -0.2) is 9.55 Å². The van der Waals surface area contributed by atoms with Crippen molar-refractivity contribution in [3.05, 3.63) is 35.1 Å². The van der Waals surface area contributed by atoms with Crippen LogP contribution in [0.1, 0.15) is 5.82 Å². The van der Waals surface area contributed by atoms with Crippen LogP contribution in [-0.2, 0) is 7.05 Å². The van der Waals surface area contributed by atoms with E-state index in [2.05, 4.69) is 4.98 Å². The van der Waals surface area contributed by atoms with Gasteiger partial charge in [0.1, 0.15) is 17.3 Å². The molecule has 0 radical (unpaired) electrons. The number of halogens is 1. The van der Waals surface area contributed by atoms with Crippen LogP contribution in [0.3, 0.4) is 0 Å². The fourth-order valence-electron chi connectivity index (χ4n) is 1.48. The normalized spacial score (nSPS) is 10.6. The van der Waals surface area contributed by atoms with Gasteiger partial charge in [0, 0.05) is 12.6 Å². The number of imidazole rings is 1. The van der Waals surface area contributed by atoms with E-state index in [0.29, 0.717) is 10.8 Å². The average Bonchev–Trinajstić information content (AvgIpc) is 2.47. The van der Waals surface area contributed by atoms with Crippen molar-refractivity contribution in [1.82, 2.24) is 9.55 Å². The van der Waals surface area contributed by atoms with E-state index < -0.39 is 0 Å². The molecule has 0 aliphatic rings. The lowest BCUT2D eigenvalue weighted by atomic mass is 10.1. The van der Waals surface area contributed by atoms with E-state index in [9.17, 15) is 0 Å². The topological polar surface area (TPSA) is 43.8 Å². The van der Waals surface area contributed by atoms with Crippen LogP contribution in [0.25, 0.3) is 11.3 Å². The maximum absolute atomic E-state index is 6.09. The molecule has 2 N–H and O–H groups in total. The smallest absolute Gasteiger partial charge is 0.131 e. The summed E-state index contributed by atoms with van der Waals surface area (Å²) in [6.07, 6.45) is 0. The van der Waals surface area contributed by atoms with Gasteiger partial charge in [-0.3, -0.25) is 0 Å². The Labute approximate surface area is 93.5 Å². The van der Waals surface area contributed by atoms with Gasteiger partial charge in [-0.2, -0.15) is 0 Å². The highest BCUT2D eigenvalue weighted by Gasteiger charge is 2.13. The van der Waals surface area contributed by atoms with Crippen molar-refractivity contribution in [3.63, 3.8) is 0 Å². The van der Waals surface area contributed by atoms with Crippen LogP contribution in [0.2, 0.25) is 5.02 Å². The molecule has 2 rings (SSSR count). The van der Waals surface area contributed by atoms with E-state index in [1.165, 1.54) is 0 Å². The number of aromatic nitrogens is 2. The number of hydrogen-bond donors (Lipinski definition) is 1. The van der Waals surface area contributed by atoms with E-state index in [4.69, 9.17) is 17.3 Å². The third-order valence-electron chi connectivity index (χ3n) is 2.49. The van der Waals surface area contributed by atoms with E-state index in [1.54, 1.807) is 0 Å². The first kappa shape index (κ1) is 10.1. The second-order valence-electron chi connectivity index (χ2n) is 3.43. The Kier molecular flexibility index (Phi) is 2.40. The number of nitrogens with two attached hydrogens (primary N) is 1. The molecule has 0 bridgehead atoms. The molecule has 0 atom stereocenters. The summed E-state index contributed by atoms with van der Waals surface area (Å²) in [6.45, 7) is 1.91. The molecule has 78 valence electrons. The summed E-state index contributed by atoms with van der Waals surface area (Å²) in [7, 11) is 1.89. The molecule has 3 nitrogen and oxygen atoms in total. The molecular formula is C11H12ClN3. The number of hydrogen-bond acceptors (Lipinski definition) is 2. The van der Waals surface area contributed by atoms with Gasteiger partial charge in [-0.1, -0.05) is 29.8 Å². The average molecular weight is 222 g/mol. The number of rotatable bonds is 1. The molecule has 0 aliphatic carbocycles. The lowest BCUT2D eigenvalue weighted by Gasteiger charge is -2.02. The van der Waals surface area contributed by atoms with Gasteiger partial charge in [0.05, 0.1) is 5.02 Å². The van der Waals surface area contributed by atoms with Crippen LogP contribution in [0.5, 0.6) is 0 Å². The summed E-state index contributed by atoms with van der Waals surface area (Å²) in [4.78, 5) is 4.39. The van der Waals surface area contributed by atoms with Crippen LogP contribution in [0.15, 0.2) is 24.3 Å². The maximum Gasteiger partial charge on any atom is 0.131 e. The Hall–Kier alpha value is -1.48. The molecule has 0 unspecified atom stereocenters. The van der Waals surface area contributed by atoms with E-state index >= 15 is 0 Å². The van der Waals surface area contributed by atoms with Gasteiger partial charge in [0.25, 0.3) is 0 Å². The Morgan fingerprint density at radius 2 is 2.00 bits per heavy atom. The first-order valence-corrected chi connectivity index (χ1v) is 5.02. The summed E-state index contributed by atoms with van der Waals surface area (Å²) in [5.41, 5.74) is 7.57. The van der Waals surface area contributed by atoms with Crippen LogP contribution >= 0.6 is 11.6 Å². The molecule has 0 saturated carbocycles. The maximum atomic E-state index is 6.09. The summed E-state index contributed by atoms with van der Waals surface area (Å²) >= 11 is 6.09. The minimum absolute atomic E-state index is 0.639.